The lowest BCUT2D eigenvalue weighted by Crippen LogP contribution is -1.91. The Morgan fingerprint density at radius 3 is 2.67 bits per heavy atom. The van der Waals surface area contributed by atoms with Crippen molar-refractivity contribution in [3.63, 3.8) is 0 Å². The second kappa shape index (κ2) is 6.20. The molecular weight excluding hydrogens is 298 g/mol. The second-order valence-corrected chi connectivity index (χ2v) is 5.66. The molecule has 0 radical (unpaired) electrons. The summed E-state index contributed by atoms with van der Waals surface area (Å²) >= 11 is 0. The normalized spacial score (nSPS) is 11.0. The average Bonchev–Trinajstić information content (AvgIpc) is 3.10. The molecule has 4 aromatic rings. The lowest BCUT2D eigenvalue weighted by atomic mass is 10.0. The molecular formula is C19H17N5. The molecule has 0 saturated heterocycles. The maximum absolute atomic E-state index is 4.78. The number of H-pyrrole nitrogens is 1. The molecule has 0 amide bonds. The van der Waals surface area contributed by atoms with Crippen molar-refractivity contribution in [3.05, 3.63) is 60.7 Å². The van der Waals surface area contributed by atoms with Gasteiger partial charge >= 0.3 is 0 Å². The fourth-order valence-corrected chi connectivity index (χ4v) is 2.80. The van der Waals surface area contributed by atoms with Crippen LogP contribution in [0.3, 0.4) is 0 Å². The van der Waals surface area contributed by atoms with Crippen LogP contribution in [0.5, 0.6) is 0 Å². The van der Waals surface area contributed by atoms with Crippen LogP contribution in [0.15, 0.2) is 54.9 Å². The molecule has 0 spiro atoms. The molecule has 1 aromatic carbocycles. The van der Waals surface area contributed by atoms with Gasteiger partial charge in [0, 0.05) is 35.3 Å². The zero-order chi connectivity index (χ0) is 16.4. The van der Waals surface area contributed by atoms with Crippen LogP contribution in [0.2, 0.25) is 0 Å². The van der Waals surface area contributed by atoms with Crippen molar-refractivity contribution in [2.24, 2.45) is 0 Å². The molecule has 5 heteroatoms. The van der Waals surface area contributed by atoms with Crippen LogP contribution in [0, 0.1) is 0 Å². The Morgan fingerprint density at radius 2 is 1.83 bits per heavy atom. The molecule has 0 aliphatic heterocycles. The number of aromatic nitrogens is 5. The minimum atomic E-state index is 0.715. The minimum absolute atomic E-state index is 0.715. The molecule has 0 bridgehead atoms. The standard InChI is InChI=1S/C19H17N5/c1-2-5-18-22-19(24-23-18)15-12-17(13-8-10-20-11-9-13)21-16-7-4-3-6-14(15)16/h3-4,6-12H,2,5H2,1H3,(H,22,23,24). The summed E-state index contributed by atoms with van der Waals surface area (Å²) < 4.78 is 0. The van der Waals surface area contributed by atoms with Gasteiger partial charge in [-0.15, -0.1) is 0 Å². The van der Waals surface area contributed by atoms with Gasteiger partial charge in [0.15, 0.2) is 5.82 Å². The van der Waals surface area contributed by atoms with Crippen molar-refractivity contribution in [1.82, 2.24) is 25.1 Å². The number of aryl methyl sites for hydroxylation is 1. The maximum atomic E-state index is 4.78. The number of nitrogens with one attached hydrogen (secondary N) is 1. The fraction of sp³-hybridized carbons (Fsp3) is 0.158. The SMILES string of the molecule is CCCc1nc(-c2cc(-c3ccncc3)nc3ccccc23)n[nH]1. The van der Waals surface area contributed by atoms with Gasteiger partial charge in [-0.05, 0) is 30.7 Å². The van der Waals surface area contributed by atoms with Gasteiger partial charge in [0.1, 0.15) is 5.82 Å². The molecule has 5 nitrogen and oxygen atoms in total. The van der Waals surface area contributed by atoms with E-state index in [1.54, 1.807) is 12.4 Å². The van der Waals surface area contributed by atoms with E-state index in [-0.39, 0.29) is 0 Å². The fourth-order valence-electron chi connectivity index (χ4n) is 2.80. The van der Waals surface area contributed by atoms with Crippen molar-refractivity contribution in [2.45, 2.75) is 19.8 Å². The number of rotatable bonds is 4. The molecule has 0 aliphatic rings. The monoisotopic (exact) mass is 315 g/mol. The molecule has 0 unspecified atom stereocenters. The van der Waals surface area contributed by atoms with Gasteiger partial charge in [-0.25, -0.2) is 9.97 Å². The maximum Gasteiger partial charge on any atom is 0.181 e. The van der Waals surface area contributed by atoms with Crippen LogP contribution in [0.25, 0.3) is 33.5 Å². The number of para-hydroxylation sites is 1. The van der Waals surface area contributed by atoms with Crippen molar-refractivity contribution in [3.8, 4) is 22.6 Å². The smallest absolute Gasteiger partial charge is 0.181 e. The minimum Gasteiger partial charge on any atom is -0.265 e. The number of benzene rings is 1. The van der Waals surface area contributed by atoms with Crippen molar-refractivity contribution < 1.29 is 0 Å². The van der Waals surface area contributed by atoms with E-state index in [0.717, 1.165) is 46.4 Å². The lowest BCUT2D eigenvalue weighted by molar-refractivity contribution is 0.841. The van der Waals surface area contributed by atoms with Gasteiger partial charge in [-0.2, -0.15) is 5.10 Å². The van der Waals surface area contributed by atoms with Crippen LogP contribution in [-0.2, 0) is 6.42 Å². The van der Waals surface area contributed by atoms with Gasteiger partial charge in [-0.3, -0.25) is 10.1 Å². The molecule has 0 saturated carbocycles. The highest BCUT2D eigenvalue weighted by Gasteiger charge is 2.13. The Morgan fingerprint density at radius 1 is 1.00 bits per heavy atom. The van der Waals surface area contributed by atoms with Crippen LogP contribution in [0.4, 0.5) is 0 Å². The predicted molar refractivity (Wildman–Crippen MR) is 94.3 cm³/mol. The molecule has 118 valence electrons. The van der Waals surface area contributed by atoms with Crippen LogP contribution in [-0.4, -0.2) is 25.1 Å². The summed E-state index contributed by atoms with van der Waals surface area (Å²) in [5.41, 5.74) is 3.85. The Bertz CT molecular complexity index is 975. The molecule has 3 aromatic heterocycles. The van der Waals surface area contributed by atoms with Gasteiger partial charge in [0.25, 0.3) is 0 Å². The molecule has 0 aliphatic carbocycles. The summed E-state index contributed by atoms with van der Waals surface area (Å²) in [6.07, 6.45) is 5.48. The van der Waals surface area contributed by atoms with Crippen molar-refractivity contribution in [1.29, 1.82) is 0 Å². The number of hydrogen-bond donors (Lipinski definition) is 1. The summed E-state index contributed by atoms with van der Waals surface area (Å²) in [5.74, 6) is 1.63. The number of nitrogens with zero attached hydrogens (tertiary/aromatic N) is 4. The zero-order valence-corrected chi connectivity index (χ0v) is 13.4. The topological polar surface area (TPSA) is 67.3 Å². The summed E-state index contributed by atoms with van der Waals surface area (Å²) in [4.78, 5) is 13.5. The van der Waals surface area contributed by atoms with Crippen LogP contribution >= 0.6 is 0 Å². The van der Waals surface area contributed by atoms with Gasteiger partial charge in [0.05, 0.1) is 11.2 Å². The number of aromatic amines is 1. The number of hydrogen-bond acceptors (Lipinski definition) is 4. The van der Waals surface area contributed by atoms with E-state index in [4.69, 9.17) is 4.98 Å². The molecule has 1 N–H and O–H groups in total. The third-order valence-corrected chi connectivity index (χ3v) is 3.95. The third-order valence-electron chi connectivity index (χ3n) is 3.95. The van der Waals surface area contributed by atoms with Gasteiger partial charge in [-0.1, -0.05) is 25.1 Å². The molecule has 0 atom stereocenters. The summed E-state index contributed by atoms with van der Waals surface area (Å²) in [6.45, 7) is 2.13. The third kappa shape index (κ3) is 2.65. The highest BCUT2D eigenvalue weighted by atomic mass is 15.2. The average molecular weight is 315 g/mol. The van der Waals surface area contributed by atoms with E-state index < -0.39 is 0 Å². The zero-order valence-electron chi connectivity index (χ0n) is 13.4. The van der Waals surface area contributed by atoms with Crippen molar-refractivity contribution >= 4 is 10.9 Å². The molecule has 0 fully saturated rings. The van der Waals surface area contributed by atoms with E-state index in [1.807, 2.05) is 30.3 Å². The Kier molecular flexibility index (Phi) is 3.75. The van der Waals surface area contributed by atoms with Crippen LogP contribution < -0.4 is 0 Å². The number of pyridine rings is 2. The van der Waals surface area contributed by atoms with Gasteiger partial charge in [0.2, 0.25) is 0 Å². The highest BCUT2D eigenvalue weighted by Crippen LogP contribution is 2.30. The highest BCUT2D eigenvalue weighted by molar-refractivity contribution is 5.94. The molecule has 3 heterocycles. The second-order valence-electron chi connectivity index (χ2n) is 5.66. The summed E-state index contributed by atoms with van der Waals surface area (Å²) in [5, 5.41) is 8.50. The van der Waals surface area contributed by atoms with E-state index in [9.17, 15) is 0 Å². The first kappa shape index (κ1) is 14.5. The first-order valence-corrected chi connectivity index (χ1v) is 8.07. The van der Waals surface area contributed by atoms with Gasteiger partial charge < -0.3 is 0 Å². The van der Waals surface area contributed by atoms with E-state index >= 15 is 0 Å². The number of fused-ring (bicyclic) bond motifs is 1. The lowest BCUT2D eigenvalue weighted by Gasteiger charge is -2.07. The Hall–Kier alpha value is -3.08. The first-order valence-electron chi connectivity index (χ1n) is 8.07. The molecule has 24 heavy (non-hydrogen) atoms. The largest absolute Gasteiger partial charge is 0.265 e. The van der Waals surface area contributed by atoms with E-state index in [0.29, 0.717) is 5.82 Å². The van der Waals surface area contributed by atoms with Crippen LogP contribution in [0.1, 0.15) is 19.2 Å². The summed E-state index contributed by atoms with van der Waals surface area (Å²) in [7, 11) is 0. The van der Waals surface area contributed by atoms with Crippen molar-refractivity contribution in [2.75, 3.05) is 0 Å². The quantitative estimate of drug-likeness (QED) is 0.617. The Balaban J connectivity index is 1.92. The summed E-state index contributed by atoms with van der Waals surface area (Å²) in [6, 6.07) is 14.1. The molecule has 4 rings (SSSR count). The first-order chi connectivity index (χ1) is 11.8. The van der Waals surface area contributed by atoms with E-state index in [1.165, 1.54) is 0 Å². The Labute approximate surface area is 139 Å². The predicted octanol–water partition coefficient (Wildman–Crippen LogP) is 4.03. The van der Waals surface area contributed by atoms with E-state index in [2.05, 4.69) is 39.2 Å².